The first-order chi connectivity index (χ1) is 2.73. The molecule has 0 aliphatic rings. The average molecular weight is 109 g/mol. The largest absolute Gasteiger partial charge is 0.396 e. The minimum atomic E-state index is -1.50. The lowest BCUT2D eigenvalue weighted by molar-refractivity contribution is -0.742. The molecule has 0 bridgehead atoms. The van der Waals surface area contributed by atoms with Crippen LogP contribution in [0.1, 0.15) is 0 Å². The van der Waals surface area contributed by atoms with E-state index in [2.05, 4.69) is 0 Å². The Kier molecular flexibility index (Phi) is 13.3. The van der Waals surface area contributed by atoms with Gasteiger partial charge in [0.25, 0.3) is 5.09 Å². The van der Waals surface area contributed by atoms with E-state index in [4.69, 9.17) is 19.8 Å². The van der Waals surface area contributed by atoms with Gasteiger partial charge in [-0.05, 0) is 0 Å². The Hall–Kier alpha value is -0.783. The van der Waals surface area contributed by atoms with Gasteiger partial charge in [-0.2, -0.15) is 0 Å². The van der Waals surface area contributed by atoms with E-state index in [1.807, 2.05) is 0 Å². The van der Waals surface area contributed by atoms with Crippen molar-refractivity contribution in [1.29, 1.82) is 0 Å². The van der Waals surface area contributed by atoms with Gasteiger partial charge in [0.05, 0.1) is 0 Å². The molecule has 0 saturated heterocycles. The smallest absolute Gasteiger partial charge is 0.291 e. The molecule has 5 nitrogen and oxygen atoms in total. The van der Waals surface area contributed by atoms with E-state index in [0.29, 0.717) is 10.1 Å². The van der Waals surface area contributed by atoms with Crippen molar-refractivity contribution in [3.05, 3.63) is 10.1 Å². The Labute approximate surface area is 36.2 Å². The lowest BCUT2D eigenvalue weighted by atomic mass is 13.1. The fourth-order valence-corrected chi connectivity index (χ4v) is 0. The fraction of sp³-hybridized carbons (Fsp3) is 0. The molecule has 0 radical (unpaired) electrons. The van der Waals surface area contributed by atoms with E-state index in [9.17, 15) is 0 Å². The second-order valence-electron chi connectivity index (χ2n) is 0.238. The van der Waals surface area contributed by atoms with E-state index in [0.717, 1.165) is 0 Å². The zero-order valence-corrected chi connectivity index (χ0v) is 4.24. The molecule has 0 amide bonds. The third-order valence-corrected chi connectivity index (χ3v) is 0. The van der Waals surface area contributed by atoms with Crippen molar-refractivity contribution in [2.75, 3.05) is 0 Å². The van der Waals surface area contributed by atoms with Crippen molar-refractivity contribution in [2.45, 2.75) is 0 Å². The second-order valence-corrected chi connectivity index (χ2v) is 0.238. The van der Waals surface area contributed by atoms with Crippen LogP contribution in [0.3, 0.4) is 0 Å². The van der Waals surface area contributed by atoms with Gasteiger partial charge in [0.1, 0.15) is 0 Å². The van der Waals surface area contributed by atoms with Crippen LogP contribution in [0.15, 0.2) is 0 Å². The van der Waals surface area contributed by atoms with Gasteiger partial charge in [-0.15, -0.1) is 10.1 Å². The van der Waals surface area contributed by atoms with Crippen molar-refractivity contribution in [3.63, 3.8) is 0 Å². The summed E-state index contributed by atoms with van der Waals surface area (Å²) in [5, 5.41) is 13.6. The summed E-state index contributed by atoms with van der Waals surface area (Å²) >= 11 is 0. The van der Waals surface area contributed by atoms with Gasteiger partial charge < -0.3 is 9.67 Å². The van der Waals surface area contributed by atoms with Gasteiger partial charge in [-0.1, -0.05) is 0 Å². The fourth-order valence-electron chi connectivity index (χ4n) is 0. The first-order valence-electron chi connectivity index (χ1n) is 0.854. The lowest BCUT2D eigenvalue weighted by Gasteiger charge is -1.56. The molecule has 0 aromatic heterocycles. The van der Waals surface area contributed by atoms with Crippen LogP contribution in [-0.2, 0) is 4.46 Å². The quantitative estimate of drug-likeness (QED) is 0.236. The molecule has 0 atom stereocenters. The summed E-state index contributed by atoms with van der Waals surface area (Å²) < 4.78 is 8.28. The van der Waals surface area contributed by atoms with Gasteiger partial charge >= 0.3 is 0 Å². The first-order valence-corrected chi connectivity index (χ1v) is 1.43. The highest BCUT2D eigenvalue weighted by atomic mass is 28.1. The van der Waals surface area contributed by atoms with Crippen LogP contribution in [-0.4, -0.2) is 20.4 Å². The highest BCUT2D eigenvalue weighted by Gasteiger charge is 1.65. The van der Waals surface area contributed by atoms with E-state index in [-0.39, 0.29) is 0 Å². The molecule has 0 fully saturated rings. The van der Waals surface area contributed by atoms with Gasteiger partial charge in [-0.3, -0.25) is 0 Å². The molecule has 0 saturated carbocycles. The maximum Gasteiger partial charge on any atom is 0.291 e. The minimum absolute atomic E-state index is 0.611. The first kappa shape index (κ1) is 8.96. The summed E-state index contributed by atoms with van der Waals surface area (Å²) in [6.07, 6.45) is 0. The highest BCUT2D eigenvalue weighted by molar-refractivity contribution is 5.85. The van der Waals surface area contributed by atoms with Crippen LogP contribution >= 0.6 is 0 Å². The molecule has 0 spiro atoms. The average Bonchev–Trinajstić information content (AvgIpc) is 1.41. The molecule has 0 aliphatic carbocycles. The van der Waals surface area contributed by atoms with Crippen molar-refractivity contribution in [2.24, 2.45) is 0 Å². The van der Waals surface area contributed by atoms with Crippen molar-refractivity contribution in [1.82, 2.24) is 0 Å². The summed E-state index contributed by atoms with van der Waals surface area (Å²) in [4.78, 5) is 8.36. The maximum atomic E-state index is 8.36. The van der Waals surface area contributed by atoms with Crippen molar-refractivity contribution < 1.29 is 14.8 Å². The third-order valence-electron chi connectivity index (χ3n) is 0. The topological polar surface area (TPSA) is 80.4 Å². The highest BCUT2D eigenvalue weighted by Crippen LogP contribution is 1.38. The molecule has 36 valence electrons. The normalized spacial score (nSPS) is 4.67. The van der Waals surface area contributed by atoms with Crippen molar-refractivity contribution >= 4 is 10.1 Å². The predicted molar refractivity (Wildman–Crippen MR) is 18.0 cm³/mol. The van der Waals surface area contributed by atoms with E-state index < -0.39 is 5.09 Å². The van der Waals surface area contributed by atoms with Crippen LogP contribution in [0.25, 0.3) is 0 Å². The maximum absolute atomic E-state index is 8.36. The molecule has 1 N–H and O–H groups in total. The number of rotatable bonds is 0. The summed E-state index contributed by atoms with van der Waals surface area (Å²) in [5.41, 5.74) is 0. The summed E-state index contributed by atoms with van der Waals surface area (Å²) in [6.45, 7) is 0. The van der Waals surface area contributed by atoms with Gasteiger partial charge in [0.2, 0.25) is 10.1 Å². The Morgan fingerprint density at radius 2 is 1.67 bits per heavy atom. The molecular weight excluding hydrogens is 106 g/mol. The SMILES string of the molecule is O=[N+]([O-])O.O=[SiH2]. The standard InChI is InChI=1S/HNO3.H2OSi/c2-1(3)4;1-2/h(H,2,3,4);2H2. The molecule has 0 heterocycles. The van der Waals surface area contributed by atoms with E-state index in [1.54, 1.807) is 0 Å². The number of nitrogens with zero attached hydrogens (tertiary/aromatic N) is 1. The Morgan fingerprint density at radius 1 is 1.67 bits per heavy atom. The molecule has 6 heteroatoms. The number of hydrogen-bond acceptors (Lipinski definition) is 3. The molecular formula is H3NO4Si. The van der Waals surface area contributed by atoms with E-state index >= 15 is 0 Å². The van der Waals surface area contributed by atoms with Crippen LogP contribution in [0, 0.1) is 10.1 Å². The van der Waals surface area contributed by atoms with Crippen LogP contribution in [0.4, 0.5) is 0 Å². The van der Waals surface area contributed by atoms with Crippen LogP contribution in [0.5, 0.6) is 0 Å². The van der Waals surface area contributed by atoms with Gasteiger partial charge in [0.15, 0.2) is 0 Å². The molecule has 0 unspecified atom stereocenters. The van der Waals surface area contributed by atoms with Gasteiger partial charge in [0, 0.05) is 0 Å². The molecule has 0 aliphatic heterocycles. The zero-order valence-electron chi connectivity index (χ0n) is 2.83. The second kappa shape index (κ2) is 8.88. The summed E-state index contributed by atoms with van der Waals surface area (Å²) in [7, 11) is 0.611. The zero-order chi connectivity index (χ0) is 5.58. The predicted octanol–water partition coefficient (Wildman–Crippen LogP) is -1.38. The third kappa shape index (κ3) is 25.8. The summed E-state index contributed by atoms with van der Waals surface area (Å²) in [6, 6.07) is 0. The molecule has 6 heavy (non-hydrogen) atoms. The Bertz CT molecular complexity index is 38.8. The van der Waals surface area contributed by atoms with Crippen LogP contribution < -0.4 is 0 Å². The van der Waals surface area contributed by atoms with Gasteiger partial charge in [-0.25, -0.2) is 0 Å². The molecule has 0 aromatic carbocycles. The monoisotopic (exact) mass is 109 g/mol. The van der Waals surface area contributed by atoms with E-state index in [1.165, 1.54) is 0 Å². The van der Waals surface area contributed by atoms with Crippen molar-refractivity contribution in [3.8, 4) is 0 Å². The number of hydrogen-bond donors (Lipinski definition) is 1. The lowest BCUT2D eigenvalue weighted by Crippen LogP contribution is -1.81. The summed E-state index contributed by atoms with van der Waals surface area (Å²) in [5.74, 6) is 0. The minimum Gasteiger partial charge on any atom is -0.396 e. The Balaban J connectivity index is 0. The Morgan fingerprint density at radius 3 is 1.67 bits per heavy atom. The molecule has 0 rings (SSSR count). The molecule has 0 aromatic rings. The van der Waals surface area contributed by atoms with Crippen LogP contribution in [0.2, 0.25) is 0 Å².